The Balaban J connectivity index is 1.63. The number of alkyl carbamates (subject to hydrolysis) is 1. The van der Waals surface area contributed by atoms with E-state index in [9.17, 15) is 14.4 Å². The number of ketones is 1. The molecule has 2 N–H and O–H groups in total. The van der Waals surface area contributed by atoms with E-state index in [0.29, 0.717) is 30.2 Å². The fraction of sp³-hybridized carbons (Fsp3) is 0.529. The first-order valence-electron chi connectivity index (χ1n) is 8.34. The van der Waals surface area contributed by atoms with Gasteiger partial charge in [-0.3, -0.25) is 9.59 Å². The molecule has 3 rings (SSSR count). The van der Waals surface area contributed by atoms with Gasteiger partial charge in [0.25, 0.3) is 11.7 Å². The second-order valence-corrected chi connectivity index (χ2v) is 7.24. The highest BCUT2D eigenvalue weighted by molar-refractivity contribution is 6.52. The first-order valence-corrected chi connectivity index (χ1v) is 8.34. The molecule has 0 bridgehead atoms. The van der Waals surface area contributed by atoms with Gasteiger partial charge in [0, 0.05) is 25.3 Å². The number of hydrogen-bond donors (Lipinski definition) is 2. The molecule has 0 spiro atoms. The van der Waals surface area contributed by atoms with Gasteiger partial charge < -0.3 is 20.3 Å². The van der Waals surface area contributed by atoms with Crippen LogP contribution in [-0.2, 0) is 9.53 Å². The molecule has 3 heterocycles. The van der Waals surface area contributed by atoms with E-state index in [1.165, 1.54) is 0 Å². The molecule has 25 heavy (non-hydrogen) atoms. The minimum atomic E-state index is -0.642. The zero-order valence-corrected chi connectivity index (χ0v) is 14.6. The average Bonchev–Trinajstić information content (AvgIpc) is 2.81. The summed E-state index contributed by atoms with van der Waals surface area (Å²) in [5, 5.41) is 5.37. The largest absolute Gasteiger partial charge is 0.444 e. The molecule has 0 saturated carbocycles. The van der Waals surface area contributed by atoms with Crippen molar-refractivity contribution in [3.63, 3.8) is 0 Å². The van der Waals surface area contributed by atoms with Gasteiger partial charge in [-0.1, -0.05) is 0 Å². The van der Waals surface area contributed by atoms with Crippen LogP contribution in [0.3, 0.4) is 0 Å². The Labute approximate surface area is 145 Å². The molecule has 0 unspecified atom stereocenters. The molecule has 0 aliphatic carbocycles. The molecule has 1 aromatic heterocycles. The molecule has 0 aromatic carbocycles. The van der Waals surface area contributed by atoms with Gasteiger partial charge in [-0.05, 0) is 39.7 Å². The summed E-state index contributed by atoms with van der Waals surface area (Å²) in [7, 11) is 0. The van der Waals surface area contributed by atoms with Crippen molar-refractivity contribution in [3.8, 4) is 0 Å². The van der Waals surface area contributed by atoms with E-state index in [-0.39, 0.29) is 6.04 Å². The van der Waals surface area contributed by atoms with E-state index in [1.807, 2.05) is 25.7 Å². The molecule has 8 nitrogen and oxygen atoms in total. The van der Waals surface area contributed by atoms with Crippen molar-refractivity contribution in [3.05, 3.63) is 17.8 Å². The summed E-state index contributed by atoms with van der Waals surface area (Å²) in [6.07, 6.45) is 2.62. The van der Waals surface area contributed by atoms with E-state index >= 15 is 0 Å². The van der Waals surface area contributed by atoms with Crippen LogP contribution in [0.15, 0.2) is 12.3 Å². The Hall–Kier alpha value is -2.64. The van der Waals surface area contributed by atoms with Gasteiger partial charge in [-0.2, -0.15) is 0 Å². The summed E-state index contributed by atoms with van der Waals surface area (Å²) in [5.74, 6) is -0.870. The number of hydrogen-bond acceptors (Lipinski definition) is 6. The average molecular weight is 346 g/mol. The number of piperidine rings is 1. The number of pyridine rings is 1. The van der Waals surface area contributed by atoms with Crippen molar-refractivity contribution < 1.29 is 19.1 Å². The Bertz CT molecular complexity index is 718. The molecule has 2 amide bonds. The van der Waals surface area contributed by atoms with Gasteiger partial charge in [-0.15, -0.1) is 0 Å². The van der Waals surface area contributed by atoms with Crippen molar-refractivity contribution in [2.75, 3.05) is 23.3 Å². The maximum Gasteiger partial charge on any atom is 0.407 e. The predicted octanol–water partition coefficient (Wildman–Crippen LogP) is 1.71. The number of ether oxygens (including phenoxy) is 1. The smallest absolute Gasteiger partial charge is 0.407 e. The molecule has 0 radical (unpaired) electrons. The van der Waals surface area contributed by atoms with E-state index in [4.69, 9.17) is 4.74 Å². The van der Waals surface area contributed by atoms with E-state index in [0.717, 1.165) is 12.8 Å². The molecule has 1 saturated heterocycles. The molecule has 2 aliphatic heterocycles. The Morgan fingerprint density at radius 1 is 1.32 bits per heavy atom. The third kappa shape index (κ3) is 3.72. The lowest BCUT2D eigenvalue weighted by Crippen LogP contribution is -2.46. The number of nitrogens with one attached hydrogen (secondary N) is 2. The highest BCUT2D eigenvalue weighted by Gasteiger charge is 2.34. The van der Waals surface area contributed by atoms with Crippen LogP contribution in [0, 0.1) is 0 Å². The minimum Gasteiger partial charge on any atom is -0.444 e. The van der Waals surface area contributed by atoms with Crippen LogP contribution in [0.2, 0.25) is 0 Å². The number of anilines is 2. The van der Waals surface area contributed by atoms with Crippen LogP contribution in [0.5, 0.6) is 0 Å². The second kappa shape index (κ2) is 6.34. The second-order valence-electron chi connectivity index (χ2n) is 7.24. The normalized spacial score (nSPS) is 18.0. The zero-order valence-electron chi connectivity index (χ0n) is 14.6. The first-order chi connectivity index (χ1) is 11.7. The number of fused-ring (bicyclic) bond motifs is 1. The number of rotatable bonds is 2. The van der Waals surface area contributed by atoms with Crippen molar-refractivity contribution in [1.82, 2.24) is 10.3 Å². The van der Waals surface area contributed by atoms with Crippen molar-refractivity contribution in [2.45, 2.75) is 45.3 Å². The van der Waals surface area contributed by atoms with E-state index in [1.54, 1.807) is 12.3 Å². The quantitative estimate of drug-likeness (QED) is 0.791. The SMILES string of the molecule is CC(C)(C)OC(=O)NC1CCN(c2ccnc3c2C(=O)C(=O)N3)CC1. The summed E-state index contributed by atoms with van der Waals surface area (Å²) < 4.78 is 5.28. The van der Waals surface area contributed by atoms with Crippen LogP contribution in [-0.4, -0.2) is 47.5 Å². The standard InChI is InChI=1S/C17H22N4O4/c1-17(2,3)25-16(24)19-10-5-8-21(9-6-10)11-4-7-18-14-12(11)13(22)15(23)20-14/h4,7,10H,5-6,8-9H2,1-3H3,(H,19,24)(H,18,20,22,23). The zero-order chi connectivity index (χ0) is 18.2. The topological polar surface area (TPSA) is 101 Å². The van der Waals surface area contributed by atoms with Crippen LogP contribution in [0.25, 0.3) is 0 Å². The number of aromatic nitrogens is 1. The first kappa shape index (κ1) is 17.2. The summed E-state index contributed by atoms with van der Waals surface area (Å²) in [6.45, 7) is 6.80. The monoisotopic (exact) mass is 346 g/mol. The van der Waals surface area contributed by atoms with Gasteiger partial charge in [-0.25, -0.2) is 9.78 Å². The molecule has 0 atom stereocenters. The number of carbonyl (C=O) groups excluding carboxylic acids is 3. The van der Waals surface area contributed by atoms with E-state index in [2.05, 4.69) is 15.6 Å². The Morgan fingerprint density at radius 2 is 2.00 bits per heavy atom. The van der Waals surface area contributed by atoms with Gasteiger partial charge >= 0.3 is 6.09 Å². The summed E-state index contributed by atoms with van der Waals surface area (Å²) in [5.41, 5.74) is 0.526. The van der Waals surface area contributed by atoms with Gasteiger partial charge in [0.05, 0.1) is 11.3 Å². The predicted molar refractivity (Wildman–Crippen MR) is 91.8 cm³/mol. The number of amides is 2. The van der Waals surface area contributed by atoms with Crippen LogP contribution >= 0.6 is 0 Å². The maximum atomic E-state index is 12.1. The van der Waals surface area contributed by atoms with Crippen LogP contribution in [0.1, 0.15) is 44.0 Å². The summed E-state index contributed by atoms with van der Waals surface area (Å²) in [4.78, 5) is 41.6. The summed E-state index contributed by atoms with van der Waals surface area (Å²) >= 11 is 0. The molecular weight excluding hydrogens is 324 g/mol. The molecular formula is C17H22N4O4. The minimum absolute atomic E-state index is 0.0245. The number of Topliss-reactive ketones (excluding diaryl/α,β-unsaturated/α-hetero) is 1. The maximum absolute atomic E-state index is 12.1. The Kier molecular flexibility index (Phi) is 4.36. The van der Waals surface area contributed by atoms with Gasteiger partial charge in [0.1, 0.15) is 11.4 Å². The molecule has 1 fully saturated rings. The molecule has 8 heteroatoms. The fourth-order valence-electron chi connectivity index (χ4n) is 3.05. The number of nitrogens with zero attached hydrogens (tertiary/aromatic N) is 2. The third-order valence-corrected chi connectivity index (χ3v) is 4.15. The lowest BCUT2D eigenvalue weighted by Gasteiger charge is -2.34. The third-order valence-electron chi connectivity index (χ3n) is 4.15. The fourth-order valence-corrected chi connectivity index (χ4v) is 3.05. The summed E-state index contributed by atoms with van der Waals surface area (Å²) in [6, 6.07) is 1.77. The molecule has 2 aliphatic rings. The number of carbonyl (C=O) groups is 3. The van der Waals surface area contributed by atoms with Crippen molar-refractivity contribution >= 4 is 29.3 Å². The highest BCUT2D eigenvalue weighted by Crippen LogP contribution is 2.32. The van der Waals surface area contributed by atoms with Crippen LogP contribution < -0.4 is 15.5 Å². The van der Waals surface area contributed by atoms with Gasteiger partial charge in [0.2, 0.25) is 0 Å². The lowest BCUT2D eigenvalue weighted by atomic mass is 10.0. The van der Waals surface area contributed by atoms with Crippen LogP contribution in [0.4, 0.5) is 16.3 Å². The Morgan fingerprint density at radius 3 is 2.64 bits per heavy atom. The highest BCUT2D eigenvalue weighted by atomic mass is 16.6. The van der Waals surface area contributed by atoms with Gasteiger partial charge in [0.15, 0.2) is 0 Å². The lowest BCUT2D eigenvalue weighted by molar-refractivity contribution is -0.112. The molecule has 134 valence electrons. The van der Waals surface area contributed by atoms with Crippen molar-refractivity contribution in [1.29, 1.82) is 0 Å². The van der Waals surface area contributed by atoms with E-state index < -0.39 is 23.4 Å². The molecule has 1 aromatic rings. The van der Waals surface area contributed by atoms with Crippen molar-refractivity contribution in [2.24, 2.45) is 0 Å².